The molecule has 0 radical (unpaired) electrons. The molecule has 0 amide bonds. The first-order valence-corrected chi connectivity index (χ1v) is 24.5. The molecule has 1 saturated carbocycles. The number of aliphatic hydroxyl groups is 1. The van der Waals surface area contributed by atoms with Gasteiger partial charge in [-0.3, -0.25) is 9.56 Å². The third-order valence-corrected chi connectivity index (χ3v) is 16.5. The number of nitrogens with zero attached hydrogens (tertiary/aromatic N) is 6. The predicted molar refractivity (Wildman–Crippen MR) is 256 cm³/mol. The molecule has 2 atom stereocenters. The molecule has 5 heterocycles. The number of thiophene rings is 1. The number of aromatic nitrogens is 3. The van der Waals surface area contributed by atoms with Gasteiger partial charge in [-0.1, -0.05) is 36.4 Å². The molecule has 0 bridgehead atoms. The van der Waals surface area contributed by atoms with Gasteiger partial charge < -0.3 is 20.0 Å². The molecular weight excluding hydrogens is 854 g/mol. The van der Waals surface area contributed by atoms with Crippen molar-refractivity contribution in [3.8, 4) is 10.8 Å². The Morgan fingerprint density at radius 2 is 1.52 bits per heavy atom. The first-order chi connectivity index (χ1) is 31.8. The molecular formula is C54H59F3N6O2S. The van der Waals surface area contributed by atoms with Crippen LogP contribution in [0.2, 0.25) is 0 Å². The summed E-state index contributed by atoms with van der Waals surface area (Å²) in [6.45, 7) is 12.8. The van der Waals surface area contributed by atoms with E-state index in [2.05, 4.69) is 69.6 Å². The highest BCUT2D eigenvalue weighted by atomic mass is 32.1. The van der Waals surface area contributed by atoms with Crippen molar-refractivity contribution in [1.29, 1.82) is 0 Å². The highest BCUT2D eigenvalue weighted by Gasteiger charge is 2.49. The smallest absolute Gasteiger partial charge is 0.162 e. The summed E-state index contributed by atoms with van der Waals surface area (Å²) >= 11 is 1.78. The maximum Gasteiger partial charge on any atom is 0.162 e. The quantitative estimate of drug-likeness (QED) is 0.173. The van der Waals surface area contributed by atoms with E-state index in [4.69, 9.17) is 4.99 Å². The molecule has 5 aliphatic rings. The lowest BCUT2D eigenvalue weighted by Crippen LogP contribution is -2.60. The molecule has 8 nitrogen and oxygen atoms in total. The number of anilines is 1. The molecule has 1 spiro atoms. The van der Waals surface area contributed by atoms with E-state index in [1.54, 1.807) is 53.8 Å². The lowest BCUT2D eigenvalue weighted by Gasteiger charge is -2.56. The van der Waals surface area contributed by atoms with Crippen LogP contribution in [0.15, 0.2) is 89.9 Å². The van der Waals surface area contributed by atoms with Gasteiger partial charge in [0.05, 0.1) is 11.3 Å². The highest BCUT2D eigenvalue weighted by molar-refractivity contribution is 7.15. The van der Waals surface area contributed by atoms with Crippen molar-refractivity contribution in [2.24, 2.45) is 10.4 Å². The summed E-state index contributed by atoms with van der Waals surface area (Å²) in [5, 5.41) is 31.8. The third kappa shape index (κ3) is 8.49. The molecule has 2 aromatic heterocycles. The van der Waals surface area contributed by atoms with Gasteiger partial charge in [0.15, 0.2) is 5.82 Å². The Balaban J connectivity index is 0.000000670. The summed E-state index contributed by atoms with van der Waals surface area (Å²) < 4.78 is 45.6. The number of β-amino-alcohol motifs (C(OH)–C–C–N with tert-alkyl or cyclic N) is 1. The van der Waals surface area contributed by atoms with Crippen molar-refractivity contribution in [2.45, 2.75) is 109 Å². The van der Waals surface area contributed by atoms with Gasteiger partial charge in [0.1, 0.15) is 40.1 Å². The van der Waals surface area contributed by atoms with Gasteiger partial charge in [0.25, 0.3) is 0 Å². The van der Waals surface area contributed by atoms with Crippen LogP contribution in [0.4, 0.5) is 18.9 Å². The average molecular weight is 913 g/mol. The number of aliphatic imine (C=N–C) groups is 1. The fourth-order valence-corrected chi connectivity index (χ4v) is 12.7. The summed E-state index contributed by atoms with van der Waals surface area (Å²) in [4.78, 5) is 11.3. The zero-order valence-corrected chi connectivity index (χ0v) is 39.2. The lowest BCUT2D eigenvalue weighted by molar-refractivity contribution is -0.0649. The Morgan fingerprint density at radius 3 is 2.18 bits per heavy atom. The normalized spacial score (nSPS) is 21.2. The van der Waals surface area contributed by atoms with E-state index < -0.39 is 17.2 Å². The van der Waals surface area contributed by atoms with Crippen molar-refractivity contribution in [1.82, 2.24) is 19.7 Å². The monoisotopic (exact) mass is 912 g/mol. The number of hydrogen-bond acceptors (Lipinski definition) is 8. The van der Waals surface area contributed by atoms with Crippen LogP contribution in [0.25, 0.3) is 5.00 Å². The summed E-state index contributed by atoms with van der Waals surface area (Å²) in [5.41, 5.74) is 8.13. The maximum atomic E-state index is 15.7. The van der Waals surface area contributed by atoms with E-state index in [-0.39, 0.29) is 40.4 Å². The van der Waals surface area contributed by atoms with Crippen molar-refractivity contribution in [2.75, 3.05) is 37.6 Å². The molecule has 344 valence electrons. The Morgan fingerprint density at radius 1 is 0.818 bits per heavy atom. The summed E-state index contributed by atoms with van der Waals surface area (Å²) in [6, 6.07) is 25.1. The van der Waals surface area contributed by atoms with Gasteiger partial charge in [0.2, 0.25) is 0 Å². The molecule has 12 heteroatoms. The molecule has 3 aliphatic heterocycles. The first kappa shape index (κ1) is 44.5. The molecule has 11 rings (SSSR count). The number of halogens is 3. The van der Waals surface area contributed by atoms with Gasteiger partial charge in [0, 0.05) is 58.2 Å². The van der Waals surface area contributed by atoms with E-state index in [1.807, 2.05) is 13.0 Å². The van der Waals surface area contributed by atoms with E-state index >= 15 is 8.78 Å². The Bertz CT molecular complexity index is 2740. The summed E-state index contributed by atoms with van der Waals surface area (Å²) in [7, 11) is 0. The van der Waals surface area contributed by atoms with Gasteiger partial charge >= 0.3 is 0 Å². The Labute approximate surface area is 389 Å². The van der Waals surface area contributed by atoms with E-state index in [0.29, 0.717) is 13.0 Å². The van der Waals surface area contributed by atoms with Crippen LogP contribution in [-0.2, 0) is 6.42 Å². The number of phenols is 1. The van der Waals surface area contributed by atoms with Gasteiger partial charge in [-0.05, 0) is 175 Å². The fraction of sp³-hybridized carbons (Fsp3) is 0.426. The molecule has 2 saturated heterocycles. The van der Waals surface area contributed by atoms with E-state index in [9.17, 15) is 14.6 Å². The molecule has 66 heavy (non-hydrogen) atoms. The van der Waals surface area contributed by atoms with E-state index in [1.165, 1.54) is 33.8 Å². The maximum absolute atomic E-state index is 15.7. The molecule has 4 aromatic carbocycles. The van der Waals surface area contributed by atoms with Crippen LogP contribution < -0.4 is 4.90 Å². The SMILES string of the molecule is Cc1sc2c(c1C)C(c1ccc(N3CC4(CCC(O)(CN5CCC(c6cc(F)c([C@@H]7CCCc8cc(O)ccc87)c(F)c6)CC5)CC4)C3)cc1)=N[C@@H](C)c1nnc(C)n1-2.Fc1ccccc1. The van der Waals surface area contributed by atoms with Crippen molar-refractivity contribution >= 4 is 22.7 Å². The van der Waals surface area contributed by atoms with Crippen LogP contribution in [0, 0.1) is 43.6 Å². The Kier molecular flexibility index (Phi) is 12.0. The number of phenolic OH excluding ortho intramolecular Hbond substituents is 1. The number of hydrogen-bond donors (Lipinski definition) is 2. The minimum atomic E-state index is -0.703. The van der Waals surface area contributed by atoms with Crippen LogP contribution in [0.1, 0.15) is 132 Å². The van der Waals surface area contributed by atoms with Gasteiger partial charge in [-0.25, -0.2) is 13.2 Å². The van der Waals surface area contributed by atoms with Gasteiger partial charge in [-0.2, -0.15) is 0 Å². The largest absolute Gasteiger partial charge is 0.508 e. The fourth-order valence-electron chi connectivity index (χ4n) is 11.5. The number of piperidine rings is 1. The number of rotatable bonds is 6. The number of aryl methyl sites for hydroxylation is 3. The molecule has 2 N–H and O–H groups in total. The highest BCUT2D eigenvalue weighted by Crippen LogP contribution is 2.49. The average Bonchev–Trinajstić information content (AvgIpc) is 3.78. The summed E-state index contributed by atoms with van der Waals surface area (Å²) in [6.07, 6.45) is 7.61. The minimum Gasteiger partial charge on any atom is -0.508 e. The minimum absolute atomic E-state index is 0.0937. The zero-order chi connectivity index (χ0) is 45.9. The first-order valence-electron chi connectivity index (χ1n) is 23.7. The lowest BCUT2D eigenvalue weighted by atomic mass is 9.64. The van der Waals surface area contributed by atoms with Gasteiger partial charge in [-0.15, -0.1) is 21.5 Å². The molecule has 2 aliphatic carbocycles. The second kappa shape index (κ2) is 17.7. The van der Waals surface area contributed by atoms with Crippen LogP contribution in [-0.4, -0.2) is 73.9 Å². The van der Waals surface area contributed by atoms with Crippen LogP contribution in [0.5, 0.6) is 5.75 Å². The standard InChI is InChI=1S/C48H54F2N6O2S.C6H5F/c1-28-30(3)59-46-42(28)44(51-29(2)45-53-52-31(4)56(45)46)33-8-10-36(11-9-33)55-25-47(26-55)16-18-48(58,19-17-47)27-54-20-14-32(15-21-54)35-23-40(49)43(41(50)24-35)39-7-5-6-34-22-37(57)12-13-38(34)39;7-6-4-2-1-3-5-6/h8-13,22-24,29,32,39,57-58H,5-7,14-21,25-27H2,1-4H3;1-5H/t29-,39+;/m0./s1. The molecule has 6 aromatic rings. The van der Waals surface area contributed by atoms with Crippen molar-refractivity contribution in [3.63, 3.8) is 0 Å². The number of aromatic hydroxyl groups is 1. The van der Waals surface area contributed by atoms with Crippen LogP contribution in [0.3, 0.4) is 0 Å². The number of likely N-dealkylation sites (tertiary alicyclic amines) is 1. The summed E-state index contributed by atoms with van der Waals surface area (Å²) in [5.74, 6) is 0.610. The zero-order valence-electron chi connectivity index (χ0n) is 38.3. The molecule has 0 unspecified atom stereocenters. The number of benzene rings is 4. The third-order valence-electron chi connectivity index (χ3n) is 15.4. The second-order valence-electron chi connectivity index (χ2n) is 19.8. The topological polar surface area (TPSA) is 90.0 Å². The van der Waals surface area contributed by atoms with E-state index in [0.717, 1.165) is 122 Å². The predicted octanol–water partition coefficient (Wildman–Crippen LogP) is 11.4. The molecule has 3 fully saturated rings. The van der Waals surface area contributed by atoms with Crippen molar-refractivity contribution in [3.05, 3.63) is 158 Å². The van der Waals surface area contributed by atoms with Crippen molar-refractivity contribution < 1.29 is 23.4 Å². The Hall–Kier alpha value is -5.30. The second-order valence-corrected chi connectivity index (χ2v) is 21.0. The number of fused-ring (bicyclic) bond motifs is 4. The van der Waals surface area contributed by atoms with Crippen LogP contribution >= 0.6 is 11.3 Å².